The second-order valence-electron chi connectivity index (χ2n) is 3.52. The first-order valence-corrected chi connectivity index (χ1v) is 5.24. The lowest BCUT2D eigenvalue weighted by atomic mass is 10.4. The van der Waals surface area contributed by atoms with E-state index in [1.165, 1.54) is 4.90 Å². The van der Waals surface area contributed by atoms with E-state index in [9.17, 15) is 14.4 Å². The average Bonchev–Trinajstić information content (AvgIpc) is 2.74. The van der Waals surface area contributed by atoms with Gasteiger partial charge in [0.1, 0.15) is 0 Å². The van der Waals surface area contributed by atoms with Crippen molar-refractivity contribution in [3.63, 3.8) is 0 Å². The van der Waals surface area contributed by atoms with Crippen molar-refractivity contribution in [2.24, 2.45) is 0 Å². The van der Waals surface area contributed by atoms with Crippen LogP contribution in [-0.4, -0.2) is 35.5 Å². The van der Waals surface area contributed by atoms with Crippen LogP contribution in [0.2, 0.25) is 0 Å². The number of nitrogens with one attached hydrogen (secondary N) is 2. The molecule has 1 aliphatic rings. The van der Waals surface area contributed by atoms with Crippen molar-refractivity contribution in [1.82, 2.24) is 15.5 Å². The van der Waals surface area contributed by atoms with Gasteiger partial charge in [0.15, 0.2) is 6.29 Å². The van der Waals surface area contributed by atoms with E-state index in [1.54, 1.807) is 0 Å². The summed E-state index contributed by atoms with van der Waals surface area (Å²) >= 11 is 0. The van der Waals surface area contributed by atoms with Crippen LogP contribution in [0.3, 0.4) is 0 Å². The molecule has 92 valence electrons. The van der Waals surface area contributed by atoms with E-state index in [4.69, 9.17) is 0 Å². The van der Waals surface area contributed by atoms with Crippen molar-refractivity contribution in [3.05, 3.63) is 25.3 Å². The molecule has 0 aromatic rings. The first-order valence-electron chi connectivity index (χ1n) is 5.24. The van der Waals surface area contributed by atoms with Crippen molar-refractivity contribution in [2.45, 2.75) is 19.1 Å². The van der Waals surface area contributed by atoms with E-state index in [1.807, 2.05) is 0 Å². The Kier molecular flexibility index (Phi) is 4.45. The van der Waals surface area contributed by atoms with Crippen LogP contribution in [0.5, 0.6) is 0 Å². The maximum atomic E-state index is 11.5. The third-order valence-corrected chi connectivity index (χ3v) is 2.35. The maximum Gasteiger partial charge on any atom is 0.246 e. The molecule has 0 spiro atoms. The van der Waals surface area contributed by atoms with Crippen LogP contribution >= 0.6 is 0 Å². The van der Waals surface area contributed by atoms with Gasteiger partial charge in [0, 0.05) is 13.0 Å². The van der Waals surface area contributed by atoms with Gasteiger partial charge in [-0.3, -0.25) is 14.4 Å². The molecule has 1 saturated heterocycles. The van der Waals surface area contributed by atoms with Gasteiger partial charge >= 0.3 is 0 Å². The van der Waals surface area contributed by atoms with Crippen LogP contribution in [0.15, 0.2) is 25.3 Å². The maximum absolute atomic E-state index is 11.5. The van der Waals surface area contributed by atoms with Crippen molar-refractivity contribution < 1.29 is 14.4 Å². The monoisotopic (exact) mass is 237 g/mol. The van der Waals surface area contributed by atoms with Crippen molar-refractivity contribution in [3.8, 4) is 0 Å². The fourth-order valence-corrected chi connectivity index (χ4v) is 1.52. The SMILES string of the molecule is C=CC(=O)NC(NC(=O)C=C)N1CCCC1=O. The van der Waals surface area contributed by atoms with Gasteiger partial charge in [0.25, 0.3) is 0 Å². The van der Waals surface area contributed by atoms with E-state index in [0.29, 0.717) is 19.4 Å². The number of nitrogens with zero attached hydrogens (tertiary/aromatic N) is 1. The summed E-state index contributed by atoms with van der Waals surface area (Å²) < 4.78 is 0. The first kappa shape index (κ1) is 13.0. The van der Waals surface area contributed by atoms with Crippen LogP contribution in [-0.2, 0) is 14.4 Å². The lowest BCUT2D eigenvalue weighted by molar-refractivity contribution is -0.133. The third kappa shape index (κ3) is 3.44. The molecule has 1 fully saturated rings. The van der Waals surface area contributed by atoms with E-state index in [0.717, 1.165) is 12.2 Å². The van der Waals surface area contributed by atoms with E-state index < -0.39 is 18.1 Å². The molecule has 1 heterocycles. The summed E-state index contributed by atoms with van der Waals surface area (Å²) in [6, 6.07) is 0. The zero-order valence-corrected chi connectivity index (χ0v) is 9.44. The molecule has 6 nitrogen and oxygen atoms in total. The first-order chi connectivity index (χ1) is 8.08. The fraction of sp³-hybridized carbons (Fsp3) is 0.364. The Bertz CT molecular complexity index is 343. The lowest BCUT2D eigenvalue weighted by Crippen LogP contribution is -2.58. The Hall–Kier alpha value is -2.11. The highest BCUT2D eigenvalue weighted by Gasteiger charge is 2.29. The quantitative estimate of drug-likeness (QED) is 0.499. The van der Waals surface area contributed by atoms with Gasteiger partial charge in [-0.15, -0.1) is 0 Å². The second-order valence-corrected chi connectivity index (χ2v) is 3.52. The molecule has 0 aromatic heterocycles. The Morgan fingerprint density at radius 3 is 2.12 bits per heavy atom. The summed E-state index contributed by atoms with van der Waals surface area (Å²) in [4.78, 5) is 35.4. The summed E-state index contributed by atoms with van der Waals surface area (Å²) in [5, 5.41) is 4.95. The van der Waals surface area contributed by atoms with Crippen LogP contribution in [0, 0.1) is 0 Å². The number of amides is 3. The minimum Gasteiger partial charge on any atom is -0.315 e. The molecule has 0 aromatic carbocycles. The Labute approximate surface area is 99.3 Å². The van der Waals surface area contributed by atoms with E-state index in [2.05, 4.69) is 23.8 Å². The number of likely N-dealkylation sites (tertiary alicyclic amines) is 1. The topological polar surface area (TPSA) is 78.5 Å². The number of hydrogen-bond donors (Lipinski definition) is 2. The second kappa shape index (κ2) is 5.83. The van der Waals surface area contributed by atoms with Crippen LogP contribution < -0.4 is 10.6 Å². The zero-order valence-electron chi connectivity index (χ0n) is 9.44. The molecular formula is C11H15N3O3. The number of carbonyl (C=O) groups excluding carboxylic acids is 3. The predicted molar refractivity (Wildman–Crippen MR) is 61.4 cm³/mol. The largest absolute Gasteiger partial charge is 0.315 e. The number of hydrogen-bond acceptors (Lipinski definition) is 3. The molecule has 0 bridgehead atoms. The molecule has 0 aliphatic carbocycles. The Morgan fingerprint density at radius 1 is 1.24 bits per heavy atom. The molecule has 17 heavy (non-hydrogen) atoms. The Morgan fingerprint density at radius 2 is 1.76 bits per heavy atom. The van der Waals surface area contributed by atoms with Crippen LogP contribution in [0.4, 0.5) is 0 Å². The molecule has 0 unspecified atom stereocenters. The van der Waals surface area contributed by atoms with Crippen LogP contribution in [0.1, 0.15) is 12.8 Å². The molecule has 3 amide bonds. The summed E-state index contributed by atoms with van der Waals surface area (Å²) in [6.45, 7) is 7.12. The zero-order chi connectivity index (χ0) is 12.8. The van der Waals surface area contributed by atoms with Crippen LogP contribution in [0.25, 0.3) is 0 Å². The standard InChI is InChI=1S/C11H15N3O3/c1-3-8(15)12-11(13-9(16)4-2)14-7-5-6-10(14)17/h3-4,11H,1-2,5-7H2,(H,12,15)(H,13,16). The highest BCUT2D eigenvalue weighted by atomic mass is 16.2. The van der Waals surface area contributed by atoms with Gasteiger partial charge in [0.05, 0.1) is 0 Å². The molecule has 0 radical (unpaired) electrons. The summed E-state index contributed by atoms with van der Waals surface area (Å²) in [7, 11) is 0. The highest BCUT2D eigenvalue weighted by Crippen LogP contribution is 2.11. The third-order valence-electron chi connectivity index (χ3n) is 2.35. The lowest BCUT2D eigenvalue weighted by Gasteiger charge is -2.28. The molecular weight excluding hydrogens is 222 g/mol. The highest BCUT2D eigenvalue weighted by molar-refractivity contribution is 5.90. The van der Waals surface area contributed by atoms with E-state index in [-0.39, 0.29) is 5.91 Å². The van der Waals surface area contributed by atoms with Crippen molar-refractivity contribution in [2.75, 3.05) is 6.54 Å². The van der Waals surface area contributed by atoms with Gasteiger partial charge in [0.2, 0.25) is 17.7 Å². The average molecular weight is 237 g/mol. The number of carbonyl (C=O) groups is 3. The Balaban J connectivity index is 2.73. The molecule has 1 aliphatic heterocycles. The van der Waals surface area contributed by atoms with Crippen molar-refractivity contribution >= 4 is 17.7 Å². The molecule has 0 atom stereocenters. The fourth-order valence-electron chi connectivity index (χ4n) is 1.52. The molecule has 0 saturated carbocycles. The van der Waals surface area contributed by atoms with Gasteiger partial charge < -0.3 is 15.5 Å². The summed E-state index contributed by atoms with van der Waals surface area (Å²) in [5.74, 6) is -1.03. The summed E-state index contributed by atoms with van der Waals surface area (Å²) in [5.41, 5.74) is 0. The smallest absolute Gasteiger partial charge is 0.246 e. The molecule has 6 heteroatoms. The van der Waals surface area contributed by atoms with Crippen molar-refractivity contribution in [1.29, 1.82) is 0 Å². The summed E-state index contributed by atoms with van der Waals surface area (Å²) in [6.07, 6.45) is 2.44. The minimum atomic E-state index is -0.846. The number of rotatable bonds is 5. The van der Waals surface area contributed by atoms with Gasteiger partial charge in [-0.2, -0.15) is 0 Å². The normalized spacial score (nSPS) is 14.6. The predicted octanol–water partition coefficient (Wildman–Crippen LogP) is -0.503. The van der Waals surface area contributed by atoms with E-state index >= 15 is 0 Å². The minimum absolute atomic E-state index is 0.108. The molecule has 2 N–H and O–H groups in total. The van der Waals surface area contributed by atoms with Gasteiger partial charge in [-0.25, -0.2) is 0 Å². The van der Waals surface area contributed by atoms with Gasteiger partial charge in [-0.1, -0.05) is 13.2 Å². The molecule has 1 rings (SSSR count). The van der Waals surface area contributed by atoms with Gasteiger partial charge in [-0.05, 0) is 18.6 Å².